The van der Waals surface area contributed by atoms with Crippen LogP contribution in [0.1, 0.15) is 66.7 Å². The lowest BCUT2D eigenvalue weighted by Gasteiger charge is -2.29. The van der Waals surface area contributed by atoms with Crippen molar-refractivity contribution in [3.8, 4) is 0 Å². The van der Waals surface area contributed by atoms with Gasteiger partial charge in [-0.1, -0.05) is 40.0 Å². The van der Waals surface area contributed by atoms with Crippen LogP contribution in [-0.4, -0.2) is 17.8 Å². The standard InChI is InChI=1S/C14H28O2.H3NO/c1-6-8-9-10-12(3)14(4,5)13(15)16-11-7-2;1-2/h12H,6-11H2,1-5H3;2H,1H2. The molecular formula is C14H31NO3. The van der Waals surface area contributed by atoms with Crippen molar-refractivity contribution in [1.29, 1.82) is 0 Å². The van der Waals surface area contributed by atoms with Crippen molar-refractivity contribution in [2.24, 2.45) is 17.2 Å². The van der Waals surface area contributed by atoms with Gasteiger partial charge in [0.2, 0.25) is 0 Å². The second-order valence-electron chi connectivity index (χ2n) is 5.25. The number of hydrogen-bond donors (Lipinski definition) is 2. The van der Waals surface area contributed by atoms with E-state index in [-0.39, 0.29) is 11.4 Å². The summed E-state index contributed by atoms with van der Waals surface area (Å²) in [6.07, 6.45) is 5.70. The molecule has 4 heteroatoms. The maximum atomic E-state index is 11.9. The zero-order chi connectivity index (χ0) is 14.6. The molecule has 1 atom stereocenters. The van der Waals surface area contributed by atoms with Gasteiger partial charge in [-0.25, -0.2) is 5.90 Å². The van der Waals surface area contributed by atoms with Gasteiger partial charge in [-0.05, 0) is 32.6 Å². The van der Waals surface area contributed by atoms with Crippen LogP contribution in [0, 0.1) is 11.3 Å². The highest BCUT2D eigenvalue weighted by Gasteiger charge is 2.34. The fourth-order valence-electron chi connectivity index (χ4n) is 1.64. The third-order valence-electron chi connectivity index (χ3n) is 3.44. The Morgan fingerprint density at radius 2 is 1.78 bits per heavy atom. The Balaban J connectivity index is 0. The maximum absolute atomic E-state index is 11.9. The van der Waals surface area contributed by atoms with Crippen LogP contribution in [0.2, 0.25) is 0 Å². The molecule has 0 radical (unpaired) electrons. The van der Waals surface area contributed by atoms with Gasteiger partial charge >= 0.3 is 5.97 Å². The predicted octanol–water partition coefficient (Wildman–Crippen LogP) is 3.52. The normalized spacial score (nSPS) is 12.4. The number of nitrogens with two attached hydrogens (primary N) is 1. The van der Waals surface area contributed by atoms with Crippen LogP contribution in [0.5, 0.6) is 0 Å². The van der Waals surface area contributed by atoms with Crippen molar-refractivity contribution in [2.75, 3.05) is 6.61 Å². The first-order valence-electron chi connectivity index (χ1n) is 6.89. The molecule has 18 heavy (non-hydrogen) atoms. The van der Waals surface area contributed by atoms with E-state index in [0.29, 0.717) is 12.5 Å². The van der Waals surface area contributed by atoms with E-state index in [1.54, 1.807) is 0 Å². The molecule has 0 aliphatic rings. The molecule has 0 amide bonds. The molecule has 0 saturated carbocycles. The van der Waals surface area contributed by atoms with Crippen molar-refractivity contribution in [3.63, 3.8) is 0 Å². The molecule has 0 aromatic heterocycles. The first kappa shape index (κ1) is 19.7. The highest BCUT2D eigenvalue weighted by Crippen LogP contribution is 2.32. The SMILES string of the molecule is CCCCCC(C)C(C)(C)C(=O)OCCC.NO. The first-order valence-corrected chi connectivity index (χ1v) is 6.89. The quantitative estimate of drug-likeness (QED) is 0.398. The van der Waals surface area contributed by atoms with Gasteiger partial charge in [0.15, 0.2) is 0 Å². The summed E-state index contributed by atoms with van der Waals surface area (Å²) in [5.74, 6) is 3.85. The van der Waals surface area contributed by atoms with E-state index in [9.17, 15) is 4.79 Å². The van der Waals surface area contributed by atoms with Crippen molar-refractivity contribution in [2.45, 2.75) is 66.7 Å². The number of rotatable bonds is 8. The molecule has 0 heterocycles. The van der Waals surface area contributed by atoms with Crippen LogP contribution in [-0.2, 0) is 9.53 Å². The number of unbranched alkanes of at least 4 members (excludes halogenated alkanes) is 2. The molecule has 3 N–H and O–H groups in total. The molecule has 0 rings (SSSR count). The van der Waals surface area contributed by atoms with Gasteiger partial charge in [0.05, 0.1) is 12.0 Å². The summed E-state index contributed by atoms with van der Waals surface area (Å²) in [5.41, 5.74) is -0.344. The molecule has 0 saturated heterocycles. The molecule has 0 aromatic rings. The summed E-state index contributed by atoms with van der Waals surface area (Å²) in [7, 11) is 0. The molecule has 0 aromatic carbocycles. The fraction of sp³-hybridized carbons (Fsp3) is 0.929. The Morgan fingerprint density at radius 1 is 1.22 bits per heavy atom. The van der Waals surface area contributed by atoms with Gasteiger partial charge in [0, 0.05) is 0 Å². The number of ether oxygens (including phenoxy) is 1. The number of carbonyl (C=O) groups is 1. The average Bonchev–Trinajstić information content (AvgIpc) is 2.38. The maximum Gasteiger partial charge on any atom is 0.311 e. The summed E-state index contributed by atoms with van der Waals surface area (Å²) in [5, 5.41) is 6.50. The Labute approximate surface area is 112 Å². The highest BCUT2D eigenvalue weighted by atomic mass is 16.5. The van der Waals surface area contributed by atoms with E-state index in [4.69, 9.17) is 9.94 Å². The Bertz CT molecular complexity index is 205. The second-order valence-corrected chi connectivity index (χ2v) is 5.25. The summed E-state index contributed by atoms with van der Waals surface area (Å²) < 4.78 is 5.24. The van der Waals surface area contributed by atoms with Crippen molar-refractivity contribution >= 4 is 5.97 Å². The van der Waals surface area contributed by atoms with Gasteiger partial charge in [0.1, 0.15) is 0 Å². The Morgan fingerprint density at radius 3 is 2.22 bits per heavy atom. The minimum atomic E-state index is -0.344. The minimum absolute atomic E-state index is 0.0432. The molecular weight excluding hydrogens is 230 g/mol. The zero-order valence-electron chi connectivity index (χ0n) is 12.7. The van der Waals surface area contributed by atoms with Crippen LogP contribution in [0.15, 0.2) is 0 Å². The Hall–Kier alpha value is -0.610. The first-order chi connectivity index (χ1) is 8.46. The number of esters is 1. The highest BCUT2D eigenvalue weighted by molar-refractivity contribution is 5.76. The largest absolute Gasteiger partial charge is 0.465 e. The molecule has 0 bridgehead atoms. The van der Waals surface area contributed by atoms with Crippen LogP contribution in [0.3, 0.4) is 0 Å². The van der Waals surface area contributed by atoms with E-state index < -0.39 is 0 Å². The second kappa shape index (κ2) is 11.5. The van der Waals surface area contributed by atoms with E-state index in [0.717, 1.165) is 12.8 Å². The zero-order valence-corrected chi connectivity index (χ0v) is 12.7. The van der Waals surface area contributed by atoms with E-state index >= 15 is 0 Å². The third-order valence-corrected chi connectivity index (χ3v) is 3.44. The number of carbonyl (C=O) groups excluding carboxylic acids is 1. The summed E-state index contributed by atoms with van der Waals surface area (Å²) in [6.45, 7) is 10.9. The van der Waals surface area contributed by atoms with E-state index in [1.165, 1.54) is 19.3 Å². The topological polar surface area (TPSA) is 72.5 Å². The lowest BCUT2D eigenvalue weighted by atomic mass is 9.77. The molecule has 0 fully saturated rings. The monoisotopic (exact) mass is 261 g/mol. The van der Waals surface area contributed by atoms with Gasteiger partial charge in [-0.2, -0.15) is 0 Å². The van der Waals surface area contributed by atoms with Crippen LogP contribution in [0.4, 0.5) is 0 Å². The van der Waals surface area contributed by atoms with Crippen LogP contribution < -0.4 is 5.90 Å². The lowest BCUT2D eigenvalue weighted by molar-refractivity contribution is -0.157. The Kier molecular flexibility index (Phi) is 12.6. The summed E-state index contributed by atoms with van der Waals surface area (Å²) in [4.78, 5) is 11.9. The van der Waals surface area contributed by atoms with E-state index in [1.807, 2.05) is 20.8 Å². The lowest BCUT2D eigenvalue weighted by Crippen LogP contribution is -2.33. The summed E-state index contributed by atoms with van der Waals surface area (Å²) >= 11 is 0. The average molecular weight is 261 g/mol. The number of hydrogen-bond acceptors (Lipinski definition) is 4. The fourth-order valence-corrected chi connectivity index (χ4v) is 1.64. The minimum Gasteiger partial charge on any atom is -0.465 e. The van der Waals surface area contributed by atoms with Crippen LogP contribution >= 0.6 is 0 Å². The van der Waals surface area contributed by atoms with Gasteiger partial charge in [-0.3, -0.25) is 4.79 Å². The van der Waals surface area contributed by atoms with Crippen LogP contribution in [0.25, 0.3) is 0 Å². The van der Waals surface area contributed by atoms with Gasteiger partial charge in [-0.15, -0.1) is 0 Å². The molecule has 0 spiro atoms. The predicted molar refractivity (Wildman–Crippen MR) is 74.3 cm³/mol. The van der Waals surface area contributed by atoms with Crippen molar-refractivity contribution in [3.05, 3.63) is 0 Å². The third kappa shape index (κ3) is 7.67. The van der Waals surface area contributed by atoms with E-state index in [2.05, 4.69) is 19.7 Å². The van der Waals surface area contributed by atoms with Gasteiger partial charge in [0.25, 0.3) is 0 Å². The molecule has 4 nitrogen and oxygen atoms in total. The summed E-state index contributed by atoms with van der Waals surface area (Å²) in [6, 6.07) is 0. The van der Waals surface area contributed by atoms with Crippen molar-refractivity contribution in [1.82, 2.24) is 0 Å². The van der Waals surface area contributed by atoms with Crippen molar-refractivity contribution < 1.29 is 14.7 Å². The smallest absolute Gasteiger partial charge is 0.311 e. The molecule has 0 aliphatic carbocycles. The molecule has 1 unspecified atom stereocenters. The molecule has 0 aliphatic heterocycles. The van der Waals surface area contributed by atoms with Gasteiger partial charge < -0.3 is 9.94 Å². The molecule has 110 valence electrons.